The number of hydrogen-bond donors (Lipinski definition) is 2. The molecule has 2 N–H and O–H groups in total. The molecule has 1 aliphatic rings. The Bertz CT molecular complexity index is 504. The van der Waals surface area contributed by atoms with E-state index in [0.29, 0.717) is 5.92 Å². The highest BCUT2D eigenvalue weighted by Gasteiger charge is 2.18. The molecule has 5 heteroatoms. The summed E-state index contributed by atoms with van der Waals surface area (Å²) in [6.07, 6.45) is 2.39. The summed E-state index contributed by atoms with van der Waals surface area (Å²) in [6, 6.07) is 6.32. The molecule has 2 heterocycles. The number of piperidine rings is 1. The third-order valence-corrected chi connectivity index (χ3v) is 3.46. The Morgan fingerprint density at radius 2 is 1.89 bits per heavy atom. The monoisotopic (exact) mass is 287 g/mol. The second-order valence-electron chi connectivity index (χ2n) is 4.62. The largest absolute Gasteiger partial charge is 0.342 e. The topological polar surface area (TPSA) is 40.7 Å². The average molecular weight is 288 g/mol. The van der Waals surface area contributed by atoms with Crippen molar-refractivity contribution in [1.29, 1.82) is 0 Å². The number of benzene rings is 1. The van der Waals surface area contributed by atoms with Crippen molar-refractivity contribution in [1.82, 2.24) is 15.3 Å². The van der Waals surface area contributed by atoms with Gasteiger partial charge in [0.25, 0.3) is 0 Å². The maximum atomic E-state index is 4.75. The molecule has 100 valence electrons. The smallest absolute Gasteiger partial charge is 0.110 e. The molecule has 0 bridgehead atoms. The summed E-state index contributed by atoms with van der Waals surface area (Å²) >= 11 is 0. The standard InChI is InChI=1S/C13H17N3.2ClH/c1-9-3-2-4-11-12(9)16-13(15-11)10-5-7-14-8-6-10;;/h2-4,10,14H,5-8H2,1H3,(H,15,16);2*1H. The summed E-state index contributed by atoms with van der Waals surface area (Å²) in [4.78, 5) is 8.22. The molecule has 0 atom stereocenters. The second-order valence-corrected chi connectivity index (χ2v) is 4.62. The number of nitrogens with one attached hydrogen (secondary N) is 2. The molecule has 0 radical (unpaired) electrons. The molecule has 1 aromatic carbocycles. The van der Waals surface area contributed by atoms with Crippen LogP contribution in [0.2, 0.25) is 0 Å². The van der Waals surface area contributed by atoms with E-state index < -0.39 is 0 Å². The van der Waals surface area contributed by atoms with Gasteiger partial charge in [-0.3, -0.25) is 0 Å². The van der Waals surface area contributed by atoms with Gasteiger partial charge in [0.1, 0.15) is 5.82 Å². The third-order valence-electron chi connectivity index (χ3n) is 3.46. The summed E-state index contributed by atoms with van der Waals surface area (Å²) in [5, 5.41) is 3.39. The van der Waals surface area contributed by atoms with Crippen molar-refractivity contribution >= 4 is 35.8 Å². The van der Waals surface area contributed by atoms with Crippen molar-refractivity contribution < 1.29 is 0 Å². The van der Waals surface area contributed by atoms with Gasteiger partial charge in [-0.05, 0) is 44.5 Å². The lowest BCUT2D eigenvalue weighted by Gasteiger charge is -2.20. The van der Waals surface area contributed by atoms with Crippen LogP contribution < -0.4 is 5.32 Å². The lowest BCUT2D eigenvalue weighted by molar-refractivity contribution is 0.448. The number of aromatic amines is 1. The maximum Gasteiger partial charge on any atom is 0.110 e. The molecule has 0 aliphatic carbocycles. The first-order valence-corrected chi connectivity index (χ1v) is 6.00. The Balaban J connectivity index is 0.000000810. The van der Waals surface area contributed by atoms with Crippen LogP contribution in [0.5, 0.6) is 0 Å². The van der Waals surface area contributed by atoms with Crippen molar-refractivity contribution in [2.45, 2.75) is 25.7 Å². The minimum atomic E-state index is 0. The lowest BCUT2D eigenvalue weighted by Crippen LogP contribution is -2.27. The van der Waals surface area contributed by atoms with Gasteiger partial charge in [0.2, 0.25) is 0 Å². The van der Waals surface area contributed by atoms with Crippen LogP contribution >= 0.6 is 24.8 Å². The molecule has 1 fully saturated rings. The number of nitrogens with zero attached hydrogens (tertiary/aromatic N) is 1. The Hall–Kier alpha value is -0.770. The Kier molecular flexibility index (Phi) is 5.45. The third kappa shape index (κ3) is 2.79. The van der Waals surface area contributed by atoms with Crippen LogP contribution in [0.15, 0.2) is 18.2 Å². The van der Waals surface area contributed by atoms with Crippen LogP contribution in [0.25, 0.3) is 11.0 Å². The lowest BCUT2D eigenvalue weighted by atomic mass is 9.98. The van der Waals surface area contributed by atoms with Crippen LogP contribution in [0.3, 0.4) is 0 Å². The quantitative estimate of drug-likeness (QED) is 0.846. The van der Waals surface area contributed by atoms with Crippen molar-refractivity contribution in [3.05, 3.63) is 29.6 Å². The van der Waals surface area contributed by atoms with E-state index in [0.717, 1.165) is 18.6 Å². The molecule has 18 heavy (non-hydrogen) atoms. The highest BCUT2D eigenvalue weighted by Crippen LogP contribution is 2.25. The molecule has 0 saturated carbocycles. The molecular weight excluding hydrogens is 269 g/mol. The molecule has 3 rings (SSSR count). The first-order chi connectivity index (χ1) is 7.84. The number of hydrogen-bond acceptors (Lipinski definition) is 2. The highest BCUT2D eigenvalue weighted by molar-refractivity contribution is 5.85. The number of para-hydroxylation sites is 1. The van der Waals surface area contributed by atoms with Crippen LogP contribution in [0.1, 0.15) is 30.1 Å². The van der Waals surface area contributed by atoms with E-state index in [4.69, 9.17) is 4.98 Å². The normalized spacial score (nSPS) is 16.1. The zero-order chi connectivity index (χ0) is 11.0. The molecule has 2 aromatic rings. The number of H-pyrrole nitrogens is 1. The molecule has 1 aromatic heterocycles. The molecule has 0 spiro atoms. The van der Waals surface area contributed by atoms with E-state index in [2.05, 4.69) is 35.4 Å². The average Bonchev–Trinajstić information content (AvgIpc) is 2.76. The zero-order valence-electron chi connectivity index (χ0n) is 10.4. The molecule has 0 amide bonds. The van der Waals surface area contributed by atoms with Crippen LogP contribution in [-0.4, -0.2) is 23.1 Å². The van der Waals surface area contributed by atoms with E-state index in [1.54, 1.807) is 0 Å². The fourth-order valence-corrected chi connectivity index (χ4v) is 2.48. The molecular formula is C13H19Cl2N3. The van der Waals surface area contributed by atoms with Crippen LogP contribution in [0.4, 0.5) is 0 Å². The van der Waals surface area contributed by atoms with Gasteiger partial charge in [-0.1, -0.05) is 12.1 Å². The maximum absolute atomic E-state index is 4.75. The minimum Gasteiger partial charge on any atom is -0.342 e. The first kappa shape index (κ1) is 15.3. The summed E-state index contributed by atoms with van der Waals surface area (Å²) in [5.74, 6) is 1.78. The zero-order valence-corrected chi connectivity index (χ0v) is 12.0. The van der Waals surface area contributed by atoms with E-state index in [1.165, 1.54) is 29.7 Å². The van der Waals surface area contributed by atoms with Crippen LogP contribution in [0, 0.1) is 6.92 Å². The van der Waals surface area contributed by atoms with Gasteiger partial charge in [0.15, 0.2) is 0 Å². The molecule has 1 saturated heterocycles. The van der Waals surface area contributed by atoms with E-state index >= 15 is 0 Å². The van der Waals surface area contributed by atoms with Crippen molar-refractivity contribution in [2.24, 2.45) is 0 Å². The van der Waals surface area contributed by atoms with Crippen molar-refractivity contribution in [3.8, 4) is 0 Å². The van der Waals surface area contributed by atoms with Crippen LogP contribution in [-0.2, 0) is 0 Å². The van der Waals surface area contributed by atoms with Gasteiger partial charge >= 0.3 is 0 Å². The number of imidazole rings is 1. The minimum absolute atomic E-state index is 0. The SMILES string of the molecule is Cc1cccc2[nH]c(C3CCNCC3)nc12.Cl.Cl. The summed E-state index contributed by atoms with van der Waals surface area (Å²) in [5.41, 5.74) is 3.57. The van der Waals surface area contributed by atoms with Crippen molar-refractivity contribution in [2.75, 3.05) is 13.1 Å². The predicted molar refractivity (Wildman–Crippen MR) is 80.2 cm³/mol. The summed E-state index contributed by atoms with van der Waals surface area (Å²) in [6.45, 7) is 4.34. The number of aromatic nitrogens is 2. The van der Waals surface area contributed by atoms with E-state index in [9.17, 15) is 0 Å². The van der Waals surface area contributed by atoms with E-state index in [1.807, 2.05) is 0 Å². The fraction of sp³-hybridized carbons (Fsp3) is 0.462. The number of halogens is 2. The molecule has 0 unspecified atom stereocenters. The predicted octanol–water partition coefficient (Wildman–Crippen LogP) is 3.18. The Labute approximate surface area is 120 Å². The fourth-order valence-electron chi connectivity index (χ4n) is 2.48. The van der Waals surface area contributed by atoms with Crippen molar-refractivity contribution in [3.63, 3.8) is 0 Å². The van der Waals surface area contributed by atoms with Gasteiger partial charge in [0.05, 0.1) is 11.0 Å². The molecule has 3 nitrogen and oxygen atoms in total. The van der Waals surface area contributed by atoms with Gasteiger partial charge in [-0.15, -0.1) is 24.8 Å². The second kappa shape index (κ2) is 6.41. The summed E-state index contributed by atoms with van der Waals surface area (Å²) in [7, 11) is 0. The highest BCUT2D eigenvalue weighted by atomic mass is 35.5. The number of aryl methyl sites for hydroxylation is 1. The number of fused-ring (bicyclic) bond motifs is 1. The van der Waals surface area contributed by atoms with Gasteiger partial charge in [-0.2, -0.15) is 0 Å². The van der Waals surface area contributed by atoms with Gasteiger partial charge in [0, 0.05) is 5.92 Å². The van der Waals surface area contributed by atoms with Gasteiger partial charge in [-0.25, -0.2) is 4.98 Å². The van der Waals surface area contributed by atoms with E-state index in [-0.39, 0.29) is 24.8 Å². The Morgan fingerprint density at radius 3 is 2.56 bits per heavy atom. The first-order valence-electron chi connectivity index (χ1n) is 6.00. The Morgan fingerprint density at radius 1 is 1.17 bits per heavy atom. The number of rotatable bonds is 1. The van der Waals surface area contributed by atoms with Gasteiger partial charge < -0.3 is 10.3 Å². The summed E-state index contributed by atoms with van der Waals surface area (Å²) < 4.78 is 0. The molecule has 1 aliphatic heterocycles.